The highest BCUT2D eigenvalue weighted by atomic mass is 35.5. The molecule has 0 N–H and O–H groups in total. The van der Waals surface area contributed by atoms with Crippen molar-refractivity contribution in [1.29, 1.82) is 0 Å². The number of carbonyl (C=O) groups excluding carboxylic acids is 1. The second kappa shape index (κ2) is 10.7. The number of thiazole rings is 1. The van der Waals surface area contributed by atoms with Gasteiger partial charge < -0.3 is 4.74 Å². The molecule has 1 saturated heterocycles. The Morgan fingerprint density at radius 2 is 2.13 bits per heavy atom. The molecular formula is C21H23Cl2N3O2S2. The van der Waals surface area contributed by atoms with Gasteiger partial charge in [-0.1, -0.05) is 35.1 Å². The third kappa shape index (κ3) is 5.41. The van der Waals surface area contributed by atoms with E-state index in [0.29, 0.717) is 16.7 Å². The topological polar surface area (TPSA) is 45.7 Å². The molecule has 0 atom stereocenters. The first-order valence-electron chi connectivity index (χ1n) is 9.50. The minimum Gasteiger partial charge on any atom is -0.379 e. The zero-order valence-corrected chi connectivity index (χ0v) is 19.8. The van der Waals surface area contributed by atoms with Crippen LogP contribution >= 0.6 is 46.7 Å². The van der Waals surface area contributed by atoms with E-state index >= 15 is 0 Å². The van der Waals surface area contributed by atoms with Gasteiger partial charge in [0.05, 0.1) is 28.5 Å². The lowest BCUT2D eigenvalue weighted by molar-refractivity contribution is -0.114. The van der Waals surface area contributed by atoms with Gasteiger partial charge in [-0.15, -0.1) is 23.7 Å². The Bertz CT molecular complexity index is 976. The number of morpholine rings is 1. The van der Waals surface area contributed by atoms with Gasteiger partial charge in [-0.05, 0) is 36.1 Å². The van der Waals surface area contributed by atoms with E-state index in [1.807, 2.05) is 42.6 Å². The monoisotopic (exact) mass is 483 g/mol. The molecule has 3 heterocycles. The van der Waals surface area contributed by atoms with Gasteiger partial charge in [0.15, 0.2) is 5.13 Å². The van der Waals surface area contributed by atoms with Crippen LogP contribution in [0, 0.1) is 6.92 Å². The third-order valence-electron chi connectivity index (χ3n) is 4.86. The highest BCUT2D eigenvalue weighted by Crippen LogP contribution is 2.35. The maximum absolute atomic E-state index is 13.1. The summed E-state index contributed by atoms with van der Waals surface area (Å²) in [6, 6.07) is 7.82. The number of carbonyl (C=O) groups is 1. The summed E-state index contributed by atoms with van der Waals surface area (Å²) in [5, 5.41) is 3.35. The molecule has 1 amide bonds. The molecule has 4 rings (SSSR count). The molecule has 3 aromatic rings. The van der Waals surface area contributed by atoms with Gasteiger partial charge in [0.25, 0.3) is 5.91 Å². The molecule has 0 radical (unpaired) electrons. The summed E-state index contributed by atoms with van der Waals surface area (Å²) >= 11 is 9.46. The molecule has 0 saturated carbocycles. The highest BCUT2D eigenvalue weighted by Gasteiger charge is 2.21. The Labute approximate surface area is 195 Å². The first-order valence-corrected chi connectivity index (χ1v) is 11.6. The normalized spacial score (nSPS) is 14.9. The summed E-state index contributed by atoms with van der Waals surface area (Å²) in [5.74, 6) is -0.0699. The average molecular weight is 484 g/mol. The Hall–Kier alpha value is -1.48. The molecule has 9 heteroatoms. The number of benzene rings is 1. The first kappa shape index (κ1) is 23.2. The van der Waals surface area contributed by atoms with Crippen LogP contribution in [0.5, 0.6) is 0 Å². The fourth-order valence-electron chi connectivity index (χ4n) is 3.20. The number of aryl methyl sites for hydroxylation is 1. The Morgan fingerprint density at radius 1 is 1.33 bits per heavy atom. The number of hydrogen-bond acceptors (Lipinski definition) is 6. The minimum atomic E-state index is -0.0699. The van der Waals surface area contributed by atoms with E-state index in [2.05, 4.69) is 4.90 Å². The molecule has 1 fully saturated rings. The van der Waals surface area contributed by atoms with Crippen molar-refractivity contribution in [3.05, 3.63) is 51.2 Å². The number of thiophene rings is 1. The zero-order valence-electron chi connectivity index (χ0n) is 16.5. The number of halogens is 2. The molecule has 0 bridgehead atoms. The smallest absolute Gasteiger partial charge is 0.252 e. The number of hydrogen-bond donors (Lipinski definition) is 0. The quantitative estimate of drug-likeness (QED) is 0.456. The van der Waals surface area contributed by atoms with Gasteiger partial charge >= 0.3 is 0 Å². The summed E-state index contributed by atoms with van der Waals surface area (Å²) in [4.78, 5) is 23.0. The second-order valence-corrected chi connectivity index (χ2v) is 9.20. The van der Waals surface area contributed by atoms with E-state index < -0.39 is 0 Å². The summed E-state index contributed by atoms with van der Waals surface area (Å²) in [5.41, 5.74) is 1.92. The molecule has 1 aliphatic rings. The number of anilines is 1. The maximum Gasteiger partial charge on any atom is 0.252 e. The summed E-state index contributed by atoms with van der Waals surface area (Å²) < 4.78 is 6.35. The summed E-state index contributed by atoms with van der Waals surface area (Å²) in [7, 11) is 0. The molecule has 160 valence electrons. The average Bonchev–Trinajstić information content (AvgIpc) is 3.41. The number of fused-ring (bicyclic) bond motifs is 1. The molecule has 30 heavy (non-hydrogen) atoms. The lowest BCUT2D eigenvalue weighted by atomic mass is 10.2. The van der Waals surface area contributed by atoms with Crippen molar-refractivity contribution in [2.24, 2.45) is 0 Å². The van der Waals surface area contributed by atoms with Crippen LogP contribution in [-0.2, 0) is 9.53 Å². The Balaban J connectivity index is 0.00000256. The van der Waals surface area contributed by atoms with Gasteiger partial charge in [-0.3, -0.25) is 14.6 Å². The van der Waals surface area contributed by atoms with E-state index in [9.17, 15) is 4.79 Å². The Kier molecular flexibility index (Phi) is 8.27. The lowest BCUT2D eigenvalue weighted by Gasteiger charge is -2.28. The molecule has 5 nitrogen and oxygen atoms in total. The van der Waals surface area contributed by atoms with E-state index in [4.69, 9.17) is 21.3 Å². The predicted molar refractivity (Wildman–Crippen MR) is 130 cm³/mol. The molecule has 1 aliphatic heterocycles. The maximum atomic E-state index is 13.1. The van der Waals surface area contributed by atoms with Gasteiger partial charge in [-0.25, -0.2) is 4.98 Å². The van der Waals surface area contributed by atoms with Crippen LogP contribution in [0.3, 0.4) is 0 Å². The molecular weight excluding hydrogens is 461 g/mol. The van der Waals surface area contributed by atoms with Gasteiger partial charge in [0.1, 0.15) is 0 Å². The van der Waals surface area contributed by atoms with E-state index in [-0.39, 0.29) is 18.3 Å². The van der Waals surface area contributed by atoms with Crippen molar-refractivity contribution in [3.63, 3.8) is 0 Å². The summed E-state index contributed by atoms with van der Waals surface area (Å²) in [6.45, 7) is 6.62. The SMILES string of the molecule is Cc1ccc(Cl)c2sc(N(CCN3CCOCC3)C(=O)/C=C/c3cccs3)nc12.Cl. The zero-order chi connectivity index (χ0) is 20.2. The van der Waals surface area contributed by atoms with Crippen molar-refractivity contribution in [1.82, 2.24) is 9.88 Å². The molecule has 1 aromatic carbocycles. The number of nitrogens with zero attached hydrogens (tertiary/aromatic N) is 3. The van der Waals surface area contributed by atoms with Crippen molar-refractivity contribution in [3.8, 4) is 0 Å². The minimum absolute atomic E-state index is 0. The number of rotatable bonds is 6. The van der Waals surface area contributed by atoms with Crippen LogP contribution in [0.15, 0.2) is 35.7 Å². The number of aromatic nitrogens is 1. The standard InChI is InChI=1S/C21H22ClN3O2S2.ClH/c1-15-4-6-17(22)20-19(15)23-21(29-20)25(9-8-24-10-12-27-13-11-24)18(26)7-5-16-3-2-14-28-16;/h2-7,14H,8-13H2,1H3;1H/b7-5+;. The first-order chi connectivity index (χ1) is 14.1. The fourth-order valence-corrected chi connectivity index (χ4v) is 5.17. The Morgan fingerprint density at radius 3 is 2.83 bits per heavy atom. The van der Waals surface area contributed by atoms with Crippen LogP contribution < -0.4 is 4.90 Å². The highest BCUT2D eigenvalue weighted by molar-refractivity contribution is 7.23. The lowest BCUT2D eigenvalue weighted by Crippen LogP contribution is -2.42. The van der Waals surface area contributed by atoms with Crippen LogP contribution in [0.4, 0.5) is 5.13 Å². The van der Waals surface area contributed by atoms with Crippen LogP contribution in [0.25, 0.3) is 16.3 Å². The van der Waals surface area contributed by atoms with Crippen molar-refractivity contribution in [2.45, 2.75) is 6.92 Å². The van der Waals surface area contributed by atoms with E-state index in [1.54, 1.807) is 22.3 Å². The molecule has 2 aromatic heterocycles. The predicted octanol–water partition coefficient (Wildman–Crippen LogP) is 5.12. The van der Waals surface area contributed by atoms with Gasteiger partial charge in [0.2, 0.25) is 0 Å². The van der Waals surface area contributed by atoms with E-state index in [1.165, 1.54) is 11.3 Å². The van der Waals surface area contributed by atoms with Gasteiger partial charge in [-0.2, -0.15) is 0 Å². The fraction of sp³-hybridized carbons (Fsp3) is 0.333. The van der Waals surface area contributed by atoms with Crippen molar-refractivity contribution < 1.29 is 9.53 Å². The third-order valence-corrected chi connectivity index (χ3v) is 7.24. The van der Waals surface area contributed by atoms with Crippen LogP contribution in [0.2, 0.25) is 5.02 Å². The van der Waals surface area contributed by atoms with Crippen LogP contribution in [-0.4, -0.2) is 55.2 Å². The number of amides is 1. The van der Waals surface area contributed by atoms with Crippen LogP contribution in [0.1, 0.15) is 10.4 Å². The second-order valence-electron chi connectivity index (χ2n) is 6.83. The molecule has 0 spiro atoms. The van der Waals surface area contributed by atoms with E-state index in [0.717, 1.165) is 53.5 Å². The number of ether oxygens (including phenoxy) is 1. The van der Waals surface area contributed by atoms with Gasteiger partial charge in [0, 0.05) is 37.1 Å². The largest absolute Gasteiger partial charge is 0.379 e. The molecule has 0 aliphatic carbocycles. The summed E-state index contributed by atoms with van der Waals surface area (Å²) in [6.07, 6.45) is 3.49. The van der Waals surface area contributed by atoms with Crippen molar-refractivity contribution >= 4 is 74.0 Å². The molecule has 0 unspecified atom stereocenters. The van der Waals surface area contributed by atoms with Crippen molar-refractivity contribution in [2.75, 3.05) is 44.3 Å².